The van der Waals surface area contributed by atoms with Crippen LogP contribution < -0.4 is 11.5 Å². The minimum Gasteiger partial charge on any atom is -0.396 e. The second-order valence-electron chi connectivity index (χ2n) is 0.272. The van der Waals surface area contributed by atoms with Gasteiger partial charge >= 0.3 is 0 Å². The highest BCUT2D eigenvalue weighted by Gasteiger charge is 1.19. The Morgan fingerprint density at radius 3 is 1.50 bits per heavy atom. The van der Waals surface area contributed by atoms with E-state index in [9.17, 15) is 0 Å². The first-order chi connectivity index (χ1) is 2.83. The van der Waals surface area contributed by atoms with Gasteiger partial charge in [-0.25, -0.2) is 0 Å². The van der Waals surface area contributed by atoms with Crippen molar-refractivity contribution in [2.24, 2.45) is 11.5 Å². The number of thiocarbonyl (C=S) groups is 1. The van der Waals surface area contributed by atoms with Crippen molar-refractivity contribution in [1.82, 2.24) is 0 Å². The molecule has 0 heterocycles. The fourth-order valence-corrected chi connectivity index (χ4v) is 0. The summed E-state index contributed by atoms with van der Waals surface area (Å²) in [6, 6.07) is 0. The van der Waals surface area contributed by atoms with Crippen molar-refractivity contribution >= 4 is 24.1 Å². The molecular weight excluding hydrogens is 100 g/mol. The lowest BCUT2D eigenvalue weighted by molar-refractivity contribution is -0.106. The number of hydrogen-bond donors (Lipinski definition) is 2. The van der Waals surface area contributed by atoms with E-state index in [4.69, 9.17) is 4.79 Å². The molecule has 0 aromatic heterocycles. The quantitative estimate of drug-likeness (QED) is 0.307. The first kappa shape index (κ1) is 9.03. The molecule has 4 heteroatoms. The summed E-state index contributed by atoms with van der Waals surface area (Å²) >= 11 is 4.05. The van der Waals surface area contributed by atoms with Gasteiger partial charge < -0.3 is 11.5 Å². The average Bonchev–Trinajstić information content (AvgIpc) is 1.39. The standard InChI is InChI=1S/CH3NO.CH3NS/c2*2-1-3/h2*1H,(H2,2,3). The van der Waals surface area contributed by atoms with Crippen LogP contribution in [-0.2, 0) is 4.79 Å². The highest BCUT2D eigenvalue weighted by molar-refractivity contribution is 7.78. The molecule has 0 spiro atoms. The molecule has 0 aliphatic rings. The summed E-state index contributed by atoms with van der Waals surface area (Å²) in [7, 11) is 0. The fourth-order valence-electron chi connectivity index (χ4n) is 0. The van der Waals surface area contributed by atoms with Crippen molar-refractivity contribution in [3.63, 3.8) is 0 Å². The van der Waals surface area contributed by atoms with E-state index >= 15 is 0 Å². The Bertz CT molecular complexity index is 32.5. The van der Waals surface area contributed by atoms with Crippen molar-refractivity contribution in [3.05, 3.63) is 0 Å². The summed E-state index contributed by atoms with van der Waals surface area (Å²) in [4.78, 5) is 8.58. The van der Waals surface area contributed by atoms with Crippen LogP contribution in [0.1, 0.15) is 0 Å². The van der Waals surface area contributed by atoms with E-state index in [1.54, 1.807) is 0 Å². The molecular formula is C2H6N2OS. The summed E-state index contributed by atoms with van der Waals surface area (Å²) in [5, 5.41) is 0. The van der Waals surface area contributed by atoms with Crippen molar-refractivity contribution in [2.45, 2.75) is 0 Å². The molecule has 0 bridgehead atoms. The Kier molecular flexibility index (Phi) is 40.0. The third-order valence-corrected chi connectivity index (χ3v) is 0. The van der Waals surface area contributed by atoms with Gasteiger partial charge in [0.15, 0.2) is 0 Å². The van der Waals surface area contributed by atoms with Gasteiger partial charge in [-0.3, -0.25) is 4.79 Å². The van der Waals surface area contributed by atoms with Crippen molar-refractivity contribution < 1.29 is 4.79 Å². The molecule has 3 nitrogen and oxygen atoms in total. The van der Waals surface area contributed by atoms with Gasteiger partial charge in [-0.15, -0.1) is 0 Å². The molecule has 0 aliphatic carbocycles. The number of amides is 1. The zero-order valence-corrected chi connectivity index (χ0v) is 3.94. The molecule has 0 radical (unpaired) electrons. The minimum absolute atomic E-state index is 0.250. The van der Waals surface area contributed by atoms with E-state index in [2.05, 4.69) is 23.7 Å². The van der Waals surface area contributed by atoms with Crippen molar-refractivity contribution in [1.29, 1.82) is 0 Å². The maximum absolute atomic E-state index is 8.58. The van der Waals surface area contributed by atoms with Crippen LogP contribution in [0.5, 0.6) is 0 Å². The van der Waals surface area contributed by atoms with E-state index in [0.29, 0.717) is 0 Å². The van der Waals surface area contributed by atoms with E-state index in [1.807, 2.05) is 0 Å². The lowest BCUT2D eigenvalue weighted by Crippen LogP contribution is -1.82. The Morgan fingerprint density at radius 1 is 1.50 bits per heavy atom. The molecule has 0 rings (SSSR count). The molecule has 0 atom stereocenters. The number of rotatable bonds is 0. The SMILES string of the molecule is NC=O.NC=S. The Balaban J connectivity index is 0. The van der Waals surface area contributed by atoms with Crippen LogP contribution in [0.4, 0.5) is 0 Å². The molecule has 0 fully saturated rings. The normalized spacial score (nSPS) is 4.00. The van der Waals surface area contributed by atoms with Crippen molar-refractivity contribution in [2.75, 3.05) is 0 Å². The zero-order chi connectivity index (χ0) is 5.41. The average molecular weight is 106 g/mol. The Morgan fingerprint density at radius 2 is 1.50 bits per heavy atom. The first-order valence-electron chi connectivity index (χ1n) is 1.14. The second-order valence-corrected chi connectivity index (χ2v) is 0.544. The predicted octanol–water partition coefficient (Wildman–Crippen LogP) is -0.996. The van der Waals surface area contributed by atoms with Gasteiger partial charge in [0.1, 0.15) is 0 Å². The highest BCUT2D eigenvalue weighted by Crippen LogP contribution is 1.16. The number of hydrogen-bond acceptors (Lipinski definition) is 2. The van der Waals surface area contributed by atoms with Gasteiger partial charge in [-0.1, -0.05) is 12.2 Å². The van der Waals surface area contributed by atoms with E-state index in [1.165, 1.54) is 0 Å². The van der Waals surface area contributed by atoms with Crippen molar-refractivity contribution in [3.8, 4) is 0 Å². The largest absolute Gasteiger partial charge is 0.396 e. The molecule has 0 aliphatic heterocycles. The number of primary amides is 1. The van der Waals surface area contributed by atoms with Crippen LogP contribution in [0.15, 0.2) is 0 Å². The maximum Gasteiger partial charge on any atom is 0.204 e. The lowest BCUT2D eigenvalue weighted by atomic mass is 11.5. The smallest absolute Gasteiger partial charge is 0.204 e. The van der Waals surface area contributed by atoms with Gasteiger partial charge in [-0.2, -0.15) is 0 Å². The molecule has 1 amide bonds. The summed E-state index contributed by atoms with van der Waals surface area (Å²) in [6.45, 7) is 0. The third kappa shape index (κ3) is 45.7. The lowest BCUT2D eigenvalue weighted by Gasteiger charge is -1.36. The van der Waals surface area contributed by atoms with Gasteiger partial charge in [0.2, 0.25) is 6.41 Å². The van der Waals surface area contributed by atoms with Gasteiger partial charge in [0, 0.05) is 0 Å². The zero-order valence-electron chi connectivity index (χ0n) is 3.13. The van der Waals surface area contributed by atoms with Crippen LogP contribution in [0.3, 0.4) is 0 Å². The van der Waals surface area contributed by atoms with Gasteiger partial charge in [-0.05, 0) is 0 Å². The van der Waals surface area contributed by atoms with E-state index in [-0.39, 0.29) is 6.41 Å². The Hall–Kier alpha value is -0.640. The van der Waals surface area contributed by atoms with Gasteiger partial charge in [0.25, 0.3) is 0 Å². The molecule has 4 N–H and O–H groups in total. The summed E-state index contributed by atoms with van der Waals surface area (Å²) in [5.41, 5.74) is 9.79. The van der Waals surface area contributed by atoms with Crippen LogP contribution in [0, 0.1) is 0 Å². The van der Waals surface area contributed by atoms with Crippen LogP contribution >= 0.6 is 12.2 Å². The molecule has 0 saturated carbocycles. The highest BCUT2D eigenvalue weighted by atomic mass is 32.1. The number of carbonyl (C=O) groups excluding carboxylic acids is 1. The topological polar surface area (TPSA) is 69.1 Å². The third-order valence-electron chi connectivity index (χ3n) is 0. The summed E-state index contributed by atoms with van der Waals surface area (Å²) in [5.74, 6) is 0. The van der Waals surface area contributed by atoms with Crippen LogP contribution in [0.25, 0.3) is 0 Å². The van der Waals surface area contributed by atoms with Gasteiger partial charge in [0.05, 0.1) is 5.49 Å². The first-order valence-corrected chi connectivity index (χ1v) is 1.61. The second kappa shape index (κ2) is 26.6. The monoisotopic (exact) mass is 106 g/mol. The molecule has 36 valence electrons. The molecule has 6 heavy (non-hydrogen) atoms. The van der Waals surface area contributed by atoms with Crippen LogP contribution in [-0.4, -0.2) is 11.9 Å². The molecule has 0 unspecified atom stereocenters. The fraction of sp³-hybridized carbons (Fsp3) is 0. The number of nitrogens with two attached hydrogens (primary N) is 2. The molecule has 0 aromatic rings. The van der Waals surface area contributed by atoms with E-state index in [0.717, 1.165) is 5.49 Å². The molecule has 0 aromatic carbocycles. The summed E-state index contributed by atoms with van der Waals surface area (Å²) in [6.07, 6.45) is 0.250. The minimum atomic E-state index is 0.250. The summed E-state index contributed by atoms with van der Waals surface area (Å²) < 4.78 is 0. The maximum atomic E-state index is 8.58. The number of carbonyl (C=O) groups is 1. The predicted molar refractivity (Wildman–Crippen MR) is 28.1 cm³/mol. The van der Waals surface area contributed by atoms with E-state index < -0.39 is 0 Å². The van der Waals surface area contributed by atoms with Crippen LogP contribution in [0.2, 0.25) is 0 Å². The molecule has 0 saturated heterocycles. The Labute approximate surface area is 41.3 Å².